The van der Waals surface area contributed by atoms with Crippen LogP contribution in [-0.4, -0.2) is 88.1 Å². The first-order valence-electron chi connectivity index (χ1n) is 16.7. The molecule has 6 nitrogen and oxygen atoms in total. The van der Waals surface area contributed by atoms with Gasteiger partial charge in [-0.2, -0.15) is 39.5 Å². The van der Waals surface area contributed by atoms with Crippen LogP contribution in [0.3, 0.4) is 0 Å². The summed E-state index contributed by atoms with van der Waals surface area (Å²) in [6.07, 6.45) is -14.4. The van der Waals surface area contributed by atoms with Crippen molar-refractivity contribution >= 4 is 0 Å². The third kappa shape index (κ3) is 8.38. The molecule has 0 radical (unpaired) electrons. The highest BCUT2D eigenvalue weighted by atomic mass is 19.4. The number of fused-ring (bicyclic) bond motifs is 5. The lowest BCUT2D eigenvalue weighted by Crippen LogP contribution is -2.67. The van der Waals surface area contributed by atoms with E-state index in [1.807, 2.05) is 6.07 Å². The average Bonchev–Trinajstić information content (AvgIpc) is 3.33. The molecule has 4 unspecified atom stereocenters. The molecule has 0 amide bonds. The van der Waals surface area contributed by atoms with Crippen molar-refractivity contribution in [1.82, 2.24) is 5.32 Å². The van der Waals surface area contributed by atoms with Gasteiger partial charge in [-0.1, -0.05) is 13.0 Å². The van der Waals surface area contributed by atoms with Gasteiger partial charge in [0.1, 0.15) is 12.4 Å². The Morgan fingerprint density at radius 2 is 1.52 bits per heavy atom. The summed E-state index contributed by atoms with van der Waals surface area (Å²) in [5, 5.41) is 12.0. The van der Waals surface area contributed by atoms with Crippen molar-refractivity contribution in [2.75, 3.05) is 52.7 Å². The summed E-state index contributed by atoms with van der Waals surface area (Å²) in [6.45, 7) is 3.68. The van der Waals surface area contributed by atoms with Crippen LogP contribution in [0, 0.1) is 17.3 Å². The maximum Gasteiger partial charge on any atom is 0.435 e. The summed E-state index contributed by atoms with van der Waals surface area (Å²) in [7, 11) is 0. The van der Waals surface area contributed by atoms with Gasteiger partial charge in [-0.3, -0.25) is 0 Å². The molecule has 1 aromatic carbocycles. The average molecular weight is 708 g/mol. The Morgan fingerprint density at radius 1 is 0.812 bits per heavy atom. The van der Waals surface area contributed by atoms with Gasteiger partial charge in [-0.15, -0.1) is 0 Å². The van der Waals surface area contributed by atoms with Crippen LogP contribution in [-0.2, 0) is 20.6 Å². The summed E-state index contributed by atoms with van der Waals surface area (Å²) < 4.78 is 139. The summed E-state index contributed by atoms with van der Waals surface area (Å²) >= 11 is 0. The first-order valence-corrected chi connectivity index (χ1v) is 16.7. The van der Waals surface area contributed by atoms with Crippen molar-refractivity contribution in [2.24, 2.45) is 17.3 Å². The van der Waals surface area contributed by atoms with Gasteiger partial charge in [0, 0.05) is 19.8 Å². The van der Waals surface area contributed by atoms with Crippen LogP contribution in [0.4, 0.5) is 39.5 Å². The van der Waals surface area contributed by atoms with Gasteiger partial charge in [-0.05, 0) is 117 Å². The van der Waals surface area contributed by atoms with Crippen LogP contribution < -0.4 is 10.1 Å². The highest BCUT2D eigenvalue weighted by molar-refractivity contribution is 5.40. The van der Waals surface area contributed by atoms with E-state index in [0.717, 1.165) is 63.8 Å². The van der Waals surface area contributed by atoms with Crippen LogP contribution in [0.1, 0.15) is 75.3 Å². The molecule has 48 heavy (non-hydrogen) atoms. The number of nitrogens with one attached hydrogen (secondary N) is 1. The summed E-state index contributed by atoms with van der Waals surface area (Å²) in [5.74, 6) is 1.83. The van der Waals surface area contributed by atoms with Crippen LogP contribution in [0.2, 0.25) is 0 Å². The zero-order chi connectivity index (χ0) is 35.2. The summed E-state index contributed by atoms with van der Waals surface area (Å²) in [6, 6.07) is 6.21. The van der Waals surface area contributed by atoms with Gasteiger partial charge < -0.3 is 29.4 Å². The Bertz CT molecular complexity index is 1130. The van der Waals surface area contributed by atoms with E-state index in [1.54, 1.807) is 0 Å². The lowest BCUT2D eigenvalue weighted by atomic mass is 9.55. The van der Waals surface area contributed by atoms with Gasteiger partial charge in [0.05, 0.1) is 19.3 Å². The molecular weight excluding hydrogens is 661 g/mol. The number of benzene rings is 1. The van der Waals surface area contributed by atoms with Gasteiger partial charge in [0.15, 0.2) is 0 Å². The summed E-state index contributed by atoms with van der Waals surface area (Å²) in [5.41, 5.74) is -3.96. The second kappa shape index (κ2) is 16.0. The smallest absolute Gasteiger partial charge is 0.435 e. The van der Waals surface area contributed by atoms with Gasteiger partial charge in [-0.25, -0.2) is 0 Å². The minimum absolute atomic E-state index is 0.174. The quantitative estimate of drug-likeness (QED) is 0.129. The van der Waals surface area contributed by atoms with Gasteiger partial charge in [0.2, 0.25) is 0 Å². The van der Waals surface area contributed by atoms with Gasteiger partial charge in [0.25, 0.3) is 0 Å². The first kappa shape index (κ1) is 39.0. The topological polar surface area (TPSA) is 69.2 Å². The second-order valence-electron chi connectivity index (χ2n) is 13.3. The number of halogens is 9. The molecular formula is C33H46F9NO5. The molecule has 4 rings (SSSR count). The fraction of sp³-hybridized carbons (Fsp3) is 0.818. The molecule has 1 aromatic rings. The Morgan fingerprint density at radius 3 is 2.21 bits per heavy atom. The molecule has 0 spiro atoms. The number of rotatable bonds is 17. The molecule has 3 aliphatic carbocycles. The molecule has 0 heterocycles. The normalized spacial score (nSPS) is 26.2. The Hall–Kier alpha value is -1.81. The number of hydrogen-bond donors (Lipinski definition) is 2. The van der Waals surface area contributed by atoms with E-state index >= 15 is 0 Å². The highest BCUT2D eigenvalue weighted by Crippen LogP contribution is 2.62. The fourth-order valence-electron chi connectivity index (χ4n) is 8.06. The molecule has 0 aromatic heterocycles. The van der Waals surface area contributed by atoms with E-state index in [0.29, 0.717) is 44.0 Å². The Kier molecular flexibility index (Phi) is 13.0. The van der Waals surface area contributed by atoms with E-state index in [4.69, 9.17) is 19.3 Å². The van der Waals surface area contributed by atoms with E-state index in [9.17, 15) is 39.5 Å². The third-order valence-corrected chi connectivity index (χ3v) is 10.4. The number of ether oxygens (including phenoxy) is 4. The molecule has 276 valence electrons. The Balaban J connectivity index is 1.24. The number of aliphatic hydroxyl groups excluding tert-OH is 1. The number of hydrogen-bond acceptors (Lipinski definition) is 6. The van der Waals surface area contributed by atoms with E-state index < -0.39 is 37.2 Å². The zero-order valence-electron chi connectivity index (χ0n) is 27.0. The Labute approximate surface area is 275 Å². The molecule has 0 saturated heterocycles. The number of alkyl halides is 9. The third-order valence-electron chi connectivity index (χ3n) is 10.4. The predicted molar refractivity (Wildman–Crippen MR) is 158 cm³/mol. The molecule has 0 aliphatic heterocycles. The molecule has 3 aliphatic rings. The largest absolute Gasteiger partial charge is 0.491 e. The van der Waals surface area contributed by atoms with Crippen molar-refractivity contribution in [3.8, 4) is 5.75 Å². The SMILES string of the molecule is CC12CCC3c4ccc(OCCOCCCNCCCO)cc4CC[C@H]3C1CCC2OCCCOC(C(F)(F)F)(C(F)(F)F)C(F)(F)F. The zero-order valence-corrected chi connectivity index (χ0v) is 27.0. The minimum Gasteiger partial charge on any atom is -0.491 e. The van der Waals surface area contributed by atoms with Crippen LogP contribution >= 0.6 is 0 Å². The maximum absolute atomic E-state index is 13.1. The number of aryl methyl sites for hydroxylation is 1. The standard InChI is InChI=1S/C33H46F9NO5/c1-29-12-11-25-24-8-6-23(46-20-19-45-16-3-14-43-13-2-15-44)21-22(24)5-7-26(25)27(29)9-10-28(29)47-17-4-18-48-30(31(34,35)36,32(37,38)39)33(40,41)42/h6,8,21,25-28,43-44H,2-5,7,9-20H2,1H3/t25?,26-,27?,28?,29?/m1/s1. The van der Waals surface area contributed by atoms with Crippen LogP contribution in [0.25, 0.3) is 0 Å². The van der Waals surface area contributed by atoms with Crippen LogP contribution in [0.15, 0.2) is 18.2 Å². The maximum atomic E-state index is 13.1. The van der Waals surface area contributed by atoms with Crippen molar-refractivity contribution in [2.45, 2.75) is 101 Å². The monoisotopic (exact) mass is 707 g/mol. The van der Waals surface area contributed by atoms with Crippen molar-refractivity contribution in [3.05, 3.63) is 29.3 Å². The lowest BCUT2D eigenvalue weighted by molar-refractivity contribution is -0.457. The van der Waals surface area contributed by atoms with Gasteiger partial charge >= 0.3 is 24.1 Å². The molecule has 2 saturated carbocycles. The van der Waals surface area contributed by atoms with E-state index in [2.05, 4.69) is 29.1 Å². The fourth-order valence-corrected chi connectivity index (χ4v) is 8.06. The van der Waals surface area contributed by atoms with E-state index in [1.165, 1.54) is 11.1 Å². The molecule has 2 N–H and O–H groups in total. The number of aliphatic hydroxyl groups is 1. The predicted octanol–water partition coefficient (Wildman–Crippen LogP) is 7.52. The highest BCUT2D eigenvalue weighted by Gasteiger charge is 2.85. The molecule has 15 heteroatoms. The molecule has 0 bridgehead atoms. The van der Waals surface area contributed by atoms with E-state index in [-0.39, 0.29) is 24.7 Å². The van der Waals surface area contributed by atoms with Crippen molar-refractivity contribution in [1.29, 1.82) is 0 Å². The minimum atomic E-state index is -6.74. The second-order valence-corrected chi connectivity index (χ2v) is 13.3. The first-order chi connectivity index (χ1) is 22.6. The van der Waals surface area contributed by atoms with Crippen molar-refractivity contribution in [3.63, 3.8) is 0 Å². The molecule has 5 atom stereocenters. The molecule has 2 fully saturated rings. The van der Waals surface area contributed by atoms with Crippen molar-refractivity contribution < 1.29 is 63.6 Å². The summed E-state index contributed by atoms with van der Waals surface area (Å²) in [4.78, 5) is 0. The lowest BCUT2D eigenvalue weighted by Gasteiger charge is -2.50. The van der Waals surface area contributed by atoms with Crippen LogP contribution in [0.5, 0.6) is 5.75 Å².